The van der Waals surface area contributed by atoms with E-state index in [1.807, 2.05) is 6.92 Å². The summed E-state index contributed by atoms with van der Waals surface area (Å²) in [6, 6.07) is 4.92. The second kappa shape index (κ2) is 7.24. The molecule has 1 aromatic rings. The third-order valence-electron chi connectivity index (χ3n) is 1.49. The van der Waals surface area contributed by atoms with Crippen LogP contribution in [0.1, 0.15) is 5.56 Å². The molecule has 1 rings (SSSR count). The molecule has 0 aliphatic carbocycles. The van der Waals surface area contributed by atoms with Crippen molar-refractivity contribution in [2.24, 2.45) is 3.72 Å². The van der Waals surface area contributed by atoms with Crippen molar-refractivity contribution in [2.45, 2.75) is 6.92 Å². The Bertz CT molecular complexity index is 314. The number of benzene rings is 1. The van der Waals surface area contributed by atoms with Crippen LogP contribution in [0.15, 0.2) is 21.9 Å². The van der Waals surface area contributed by atoms with E-state index in [1.165, 1.54) is 0 Å². The average Bonchev–Trinajstić information content (AvgIpc) is 2.10. The van der Waals surface area contributed by atoms with E-state index in [2.05, 4.69) is 3.72 Å². The molecule has 2 N–H and O–H groups in total. The van der Waals surface area contributed by atoms with Crippen LogP contribution in [0.5, 0.6) is 0 Å². The maximum atomic E-state index is 9.95. The summed E-state index contributed by atoms with van der Waals surface area (Å²) in [5.41, 5.74) is 1.34. The predicted molar refractivity (Wildman–Crippen MR) is 49.6 cm³/mol. The fourth-order valence-electron chi connectivity index (χ4n) is 0.770. The van der Waals surface area contributed by atoms with Crippen LogP contribution < -0.4 is 5.46 Å². The van der Waals surface area contributed by atoms with E-state index in [-0.39, 0.29) is 0 Å². The molecule has 7 heteroatoms. The van der Waals surface area contributed by atoms with Crippen LogP contribution in [0.3, 0.4) is 0 Å². The summed E-state index contributed by atoms with van der Waals surface area (Å²) in [7, 11) is -1.44. The SMILES string of the molecule is Cc1ccc(B(O)O)cc1Cl.F[N]=[W]. The standard InChI is InChI=1S/C7H8BClO2.FN.W/c1-5-2-3-6(8(10)11)4-7(5)9;1-2;/h2-4,10-11H,1H3;;. The van der Waals surface area contributed by atoms with Gasteiger partial charge in [-0.2, -0.15) is 0 Å². The van der Waals surface area contributed by atoms with Crippen molar-refractivity contribution in [2.75, 3.05) is 0 Å². The molecule has 0 aromatic heterocycles. The molecular formula is C7H8BClFNO2W. The van der Waals surface area contributed by atoms with Gasteiger partial charge < -0.3 is 10.0 Å². The molecule has 0 saturated carbocycles. The monoisotopic (exact) mass is 387 g/mol. The fourth-order valence-corrected chi connectivity index (χ4v) is 0.959. The quantitative estimate of drug-likeness (QED) is 0.705. The van der Waals surface area contributed by atoms with E-state index < -0.39 is 7.12 Å². The summed E-state index contributed by atoms with van der Waals surface area (Å²) in [6.07, 6.45) is 0. The van der Waals surface area contributed by atoms with E-state index in [4.69, 9.17) is 21.6 Å². The van der Waals surface area contributed by atoms with Gasteiger partial charge in [0.2, 0.25) is 0 Å². The fraction of sp³-hybridized carbons (Fsp3) is 0.143. The van der Waals surface area contributed by atoms with Crippen LogP contribution in [0.2, 0.25) is 5.02 Å². The summed E-state index contributed by atoms with van der Waals surface area (Å²) in [6.45, 7) is 1.86. The van der Waals surface area contributed by atoms with Crippen LogP contribution in [0.25, 0.3) is 0 Å². The summed E-state index contributed by atoms with van der Waals surface area (Å²) >= 11 is 6.37. The number of hydrogen-bond acceptors (Lipinski definition) is 3. The molecule has 76 valence electrons. The topological polar surface area (TPSA) is 52.8 Å². The molecule has 0 aliphatic rings. The van der Waals surface area contributed by atoms with Crippen molar-refractivity contribution in [1.29, 1.82) is 0 Å². The first kappa shape index (κ1) is 13.9. The zero-order valence-corrected chi connectivity index (χ0v) is 11.0. The number of aryl methyl sites for hydroxylation is 1. The molecular weight excluding hydrogens is 379 g/mol. The molecule has 0 bridgehead atoms. The second-order valence-electron chi connectivity index (χ2n) is 2.45. The third-order valence-corrected chi connectivity index (χ3v) is 1.90. The van der Waals surface area contributed by atoms with E-state index in [1.54, 1.807) is 18.2 Å². The number of rotatable bonds is 1. The summed E-state index contributed by atoms with van der Waals surface area (Å²) in [5.74, 6) is 0. The Morgan fingerprint density at radius 1 is 1.50 bits per heavy atom. The maximum absolute atomic E-state index is 9.95. The van der Waals surface area contributed by atoms with Crippen LogP contribution >= 0.6 is 11.6 Å². The molecule has 1 aromatic carbocycles. The zero-order chi connectivity index (χ0) is 11.1. The van der Waals surface area contributed by atoms with Gasteiger partial charge in [-0.1, -0.05) is 23.7 Å². The van der Waals surface area contributed by atoms with Crippen LogP contribution in [0, 0.1) is 6.92 Å². The summed E-state index contributed by atoms with van der Waals surface area (Å²) in [5, 5.41) is 18.0. The van der Waals surface area contributed by atoms with Gasteiger partial charge in [-0.25, -0.2) is 0 Å². The molecule has 0 atom stereocenters. The van der Waals surface area contributed by atoms with Crippen molar-refractivity contribution in [3.05, 3.63) is 28.8 Å². The Labute approximate surface area is 97.7 Å². The first-order valence-electron chi connectivity index (χ1n) is 3.58. The molecule has 0 spiro atoms. The molecule has 3 nitrogen and oxygen atoms in total. The van der Waals surface area contributed by atoms with E-state index in [9.17, 15) is 4.48 Å². The second-order valence-corrected chi connectivity index (χ2v) is 3.35. The predicted octanol–water partition coefficient (Wildman–Crippen LogP) is 0.930. The first-order valence-corrected chi connectivity index (χ1v) is 5.27. The van der Waals surface area contributed by atoms with Crippen molar-refractivity contribution in [3.8, 4) is 0 Å². The van der Waals surface area contributed by atoms with Gasteiger partial charge >= 0.3 is 34.9 Å². The Kier molecular flexibility index (Phi) is 7.19. The number of hydrogen-bond donors (Lipinski definition) is 2. The van der Waals surface area contributed by atoms with Gasteiger partial charge in [-0.05, 0) is 24.0 Å². The van der Waals surface area contributed by atoms with E-state index >= 15 is 0 Å². The van der Waals surface area contributed by atoms with Gasteiger partial charge in [0, 0.05) is 5.02 Å². The molecule has 0 amide bonds. The Balaban J connectivity index is 0.000000500. The third kappa shape index (κ3) is 4.96. The normalized spacial score (nSPS) is 8.64. The van der Waals surface area contributed by atoms with Gasteiger partial charge in [-0.15, -0.1) is 0 Å². The van der Waals surface area contributed by atoms with E-state index in [0.29, 0.717) is 30.1 Å². The Morgan fingerprint density at radius 2 is 2.00 bits per heavy atom. The van der Waals surface area contributed by atoms with Crippen molar-refractivity contribution in [3.63, 3.8) is 0 Å². The molecule has 0 fully saturated rings. The van der Waals surface area contributed by atoms with Gasteiger partial charge in [-0.3, -0.25) is 0 Å². The molecule has 0 saturated heterocycles. The average molecular weight is 387 g/mol. The van der Waals surface area contributed by atoms with Gasteiger partial charge in [0.25, 0.3) is 0 Å². The van der Waals surface area contributed by atoms with Crippen molar-refractivity contribution < 1.29 is 34.2 Å². The van der Waals surface area contributed by atoms with Gasteiger partial charge in [0.05, 0.1) is 0 Å². The minimum absolute atomic E-state index is 0.417. The number of nitrogens with zero attached hydrogens (tertiary/aromatic N) is 1. The van der Waals surface area contributed by atoms with Crippen LogP contribution in [-0.2, 0) is 19.6 Å². The van der Waals surface area contributed by atoms with Crippen LogP contribution in [0.4, 0.5) is 4.48 Å². The molecule has 0 radical (unpaired) electrons. The Hall–Kier alpha value is -0.0868. The zero-order valence-electron chi connectivity index (χ0n) is 7.32. The molecule has 14 heavy (non-hydrogen) atoms. The van der Waals surface area contributed by atoms with Crippen LogP contribution in [-0.4, -0.2) is 17.2 Å². The summed E-state index contributed by atoms with van der Waals surface area (Å²) in [4.78, 5) is 0. The summed E-state index contributed by atoms with van der Waals surface area (Å²) < 4.78 is 12.0. The molecule has 0 aliphatic heterocycles. The molecule has 0 heterocycles. The first-order chi connectivity index (χ1) is 6.52. The molecule has 0 unspecified atom stereocenters. The minimum atomic E-state index is -1.44. The van der Waals surface area contributed by atoms with Crippen molar-refractivity contribution >= 4 is 24.2 Å². The number of halogens is 2. The van der Waals surface area contributed by atoms with Gasteiger partial charge in [0.1, 0.15) is 0 Å². The Morgan fingerprint density at radius 3 is 2.36 bits per heavy atom. The van der Waals surface area contributed by atoms with E-state index in [0.717, 1.165) is 5.56 Å². The van der Waals surface area contributed by atoms with Crippen molar-refractivity contribution in [1.82, 2.24) is 0 Å². The van der Waals surface area contributed by atoms with Gasteiger partial charge in [0.15, 0.2) is 0 Å².